The van der Waals surface area contributed by atoms with Crippen LogP contribution in [0, 0.1) is 5.92 Å². The number of amides is 1. The van der Waals surface area contributed by atoms with Gasteiger partial charge in [0.25, 0.3) is 0 Å². The molecule has 0 aliphatic heterocycles. The van der Waals surface area contributed by atoms with E-state index < -0.39 is 5.41 Å². The highest BCUT2D eigenvalue weighted by atomic mass is 79.9. The number of nitrogens with zero attached hydrogens (tertiary/aromatic N) is 1. The Morgan fingerprint density at radius 1 is 1.29 bits per heavy atom. The van der Waals surface area contributed by atoms with E-state index in [9.17, 15) is 4.79 Å². The van der Waals surface area contributed by atoms with Crippen molar-refractivity contribution in [1.29, 1.82) is 0 Å². The van der Waals surface area contributed by atoms with Crippen LogP contribution in [0.4, 0.5) is 0 Å². The normalized spacial score (nSPS) is 13.3. The molecular formula is C17H27BrN2O. The Hall–Kier alpha value is -0.870. The van der Waals surface area contributed by atoms with Crippen LogP contribution in [0.1, 0.15) is 39.7 Å². The van der Waals surface area contributed by atoms with E-state index in [2.05, 4.69) is 29.8 Å². The zero-order valence-electron chi connectivity index (χ0n) is 13.7. The van der Waals surface area contributed by atoms with E-state index in [1.165, 1.54) is 0 Å². The van der Waals surface area contributed by atoms with Crippen molar-refractivity contribution in [3.63, 3.8) is 0 Å². The Kier molecular flexibility index (Phi) is 6.41. The number of carbonyl (C=O) groups excluding carboxylic acids is 1. The standard InChI is InChI=1S/C17H27BrN2O/c1-12(2)15(19)10-11-20(5)16(21)17(3,4)13-6-8-14(18)9-7-13/h6-9,12,15H,10-11,19H2,1-5H3. The second-order valence-corrected chi connectivity index (χ2v) is 7.47. The zero-order valence-corrected chi connectivity index (χ0v) is 15.3. The molecule has 3 nitrogen and oxygen atoms in total. The number of rotatable bonds is 6. The monoisotopic (exact) mass is 354 g/mol. The van der Waals surface area contributed by atoms with Gasteiger partial charge in [-0.25, -0.2) is 0 Å². The first-order valence-electron chi connectivity index (χ1n) is 7.43. The van der Waals surface area contributed by atoms with Crippen LogP contribution in [-0.2, 0) is 10.2 Å². The first-order valence-corrected chi connectivity index (χ1v) is 8.22. The first-order chi connectivity index (χ1) is 9.66. The maximum Gasteiger partial charge on any atom is 0.232 e. The Morgan fingerprint density at radius 3 is 2.29 bits per heavy atom. The maximum atomic E-state index is 12.7. The molecule has 0 aliphatic rings. The lowest BCUT2D eigenvalue weighted by Gasteiger charge is -2.31. The van der Waals surface area contributed by atoms with E-state index in [4.69, 9.17) is 5.73 Å². The molecule has 1 rings (SSSR count). The lowest BCUT2D eigenvalue weighted by molar-refractivity contribution is -0.135. The summed E-state index contributed by atoms with van der Waals surface area (Å²) < 4.78 is 1.02. The van der Waals surface area contributed by atoms with Crippen LogP contribution in [0.25, 0.3) is 0 Å². The molecule has 0 saturated carbocycles. The van der Waals surface area contributed by atoms with Gasteiger partial charge in [-0.1, -0.05) is 41.9 Å². The second kappa shape index (κ2) is 7.41. The van der Waals surface area contributed by atoms with E-state index in [-0.39, 0.29) is 11.9 Å². The summed E-state index contributed by atoms with van der Waals surface area (Å²) in [7, 11) is 1.86. The average molecular weight is 355 g/mol. The molecule has 1 unspecified atom stereocenters. The number of carbonyl (C=O) groups is 1. The van der Waals surface area contributed by atoms with Crippen molar-refractivity contribution in [2.45, 2.75) is 45.6 Å². The number of halogens is 1. The molecule has 2 N–H and O–H groups in total. The first kappa shape index (κ1) is 18.2. The van der Waals surface area contributed by atoms with Gasteiger partial charge in [0.1, 0.15) is 0 Å². The third-order valence-corrected chi connectivity index (χ3v) is 4.63. The van der Waals surface area contributed by atoms with Gasteiger partial charge in [0.15, 0.2) is 0 Å². The van der Waals surface area contributed by atoms with Gasteiger partial charge in [-0.3, -0.25) is 4.79 Å². The van der Waals surface area contributed by atoms with Gasteiger partial charge in [0.05, 0.1) is 5.41 Å². The summed E-state index contributed by atoms with van der Waals surface area (Å²) in [6.45, 7) is 8.85. The highest BCUT2D eigenvalue weighted by Crippen LogP contribution is 2.27. The number of hydrogen-bond acceptors (Lipinski definition) is 2. The number of hydrogen-bond donors (Lipinski definition) is 1. The van der Waals surface area contributed by atoms with Crippen molar-refractivity contribution in [2.24, 2.45) is 11.7 Å². The minimum absolute atomic E-state index is 0.126. The minimum Gasteiger partial charge on any atom is -0.345 e. The summed E-state index contributed by atoms with van der Waals surface area (Å²) >= 11 is 3.42. The Labute approximate surface area is 137 Å². The summed E-state index contributed by atoms with van der Waals surface area (Å²) in [5.41, 5.74) is 6.55. The van der Waals surface area contributed by atoms with Crippen LogP contribution >= 0.6 is 15.9 Å². The molecule has 0 spiro atoms. The van der Waals surface area contributed by atoms with Gasteiger partial charge in [0.2, 0.25) is 5.91 Å². The molecule has 1 atom stereocenters. The molecule has 0 fully saturated rings. The van der Waals surface area contributed by atoms with Crippen molar-refractivity contribution in [1.82, 2.24) is 4.90 Å². The predicted molar refractivity (Wildman–Crippen MR) is 92.2 cm³/mol. The second-order valence-electron chi connectivity index (χ2n) is 6.56. The van der Waals surface area contributed by atoms with E-state index in [0.717, 1.165) is 16.5 Å². The molecule has 0 aromatic heterocycles. The van der Waals surface area contributed by atoms with Crippen LogP contribution in [-0.4, -0.2) is 30.4 Å². The molecule has 0 aliphatic carbocycles. The largest absolute Gasteiger partial charge is 0.345 e. The molecule has 4 heteroatoms. The summed E-state index contributed by atoms with van der Waals surface area (Å²) in [5, 5.41) is 0. The average Bonchev–Trinajstić information content (AvgIpc) is 2.43. The quantitative estimate of drug-likeness (QED) is 0.848. The highest BCUT2D eigenvalue weighted by Gasteiger charge is 2.32. The van der Waals surface area contributed by atoms with Crippen LogP contribution < -0.4 is 5.73 Å². The van der Waals surface area contributed by atoms with E-state index in [1.54, 1.807) is 4.90 Å². The molecule has 1 amide bonds. The fourth-order valence-electron chi connectivity index (χ4n) is 2.24. The maximum absolute atomic E-state index is 12.7. The minimum atomic E-state index is -0.530. The fourth-order valence-corrected chi connectivity index (χ4v) is 2.51. The van der Waals surface area contributed by atoms with Crippen molar-refractivity contribution in [3.8, 4) is 0 Å². The smallest absolute Gasteiger partial charge is 0.232 e. The summed E-state index contributed by atoms with van der Waals surface area (Å²) in [4.78, 5) is 14.5. The van der Waals surface area contributed by atoms with Gasteiger partial charge < -0.3 is 10.6 Å². The third kappa shape index (κ3) is 4.82. The van der Waals surface area contributed by atoms with E-state index >= 15 is 0 Å². The van der Waals surface area contributed by atoms with Gasteiger partial charge in [-0.05, 0) is 43.9 Å². The van der Waals surface area contributed by atoms with Gasteiger partial charge in [-0.2, -0.15) is 0 Å². The van der Waals surface area contributed by atoms with Gasteiger partial charge in [0, 0.05) is 24.1 Å². The molecular weight excluding hydrogens is 328 g/mol. The van der Waals surface area contributed by atoms with Crippen molar-refractivity contribution in [3.05, 3.63) is 34.3 Å². The van der Waals surface area contributed by atoms with Crippen LogP contribution in [0.5, 0.6) is 0 Å². The highest BCUT2D eigenvalue weighted by molar-refractivity contribution is 9.10. The molecule has 1 aromatic carbocycles. The Balaban J connectivity index is 2.73. The Morgan fingerprint density at radius 2 is 1.81 bits per heavy atom. The van der Waals surface area contributed by atoms with Crippen molar-refractivity contribution >= 4 is 21.8 Å². The lowest BCUT2D eigenvalue weighted by Crippen LogP contribution is -2.43. The molecule has 21 heavy (non-hydrogen) atoms. The van der Waals surface area contributed by atoms with Crippen LogP contribution in [0.3, 0.4) is 0 Å². The fraction of sp³-hybridized carbons (Fsp3) is 0.588. The number of likely N-dealkylation sites (N-methyl/N-ethyl adjacent to an activating group) is 1. The number of benzene rings is 1. The molecule has 1 aromatic rings. The SMILES string of the molecule is CC(C)C(N)CCN(C)C(=O)C(C)(C)c1ccc(Br)cc1. The van der Waals surface area contributed by atoms with Crippen LogP contribution in [0.2, 0.25) is 0 Å². The van der Waals surface area contributed by atoms with Crippen LogP contribution in [0.15, 0.2) is 28.7 Å². The summed E-state index contributed by atoms with van der Waals surface area (Å²) in [6, 6.07) is 8.07. The topological polar surface area (TPSA) is 46.3 Å². The third-order valence-electron chi connectivity index (χ3n) is 4.10. The van der Waals surface area contributed by atoms with E-state index in [0.29, 0.717) is 12.5 Å². The molecule has 0 heterocycles. The molecule has 0 bridgehead atoms. The number of nitrogens with two attached hydrogens (primary N) is 1. The van der Waals surface area contributed by atoms with Crippen molar-refractivity contribution < 1.29 is 4.79 Å². The molecule has 118 valence electrons. The van der Waals surface area contributed by atoms with Gasteiger partial charge >= 0.3 is 0 Å². The summed E-state index contributed by atoms with van der Waals surface area (Å²) in [6.07, 6.45) is 0.830. The predicted octanol–water partition coefficient (Wildman–Crippen LogP) is 3.56. The van der Waals surface area contributed by atoms with E-state index in [1.807, 2.05) is 45.2 Å². The molecule has 0 radical (unpaired) electrons. The lowest BCUT2D eigenvalue weighted by atomic mass is 9.83. The summed E-state index contributed by atoms with van der Waals surface area (Å²) in [5.74, 6) is 0.564. The van der Waals surface area contributed by atoms with Crippen molar-refractivity contribution in [2.75, 3.05) is 13.6 Å². The molecule has 0 saturated heterocycles. The zero-order chi connectivity index (χ0) is 16.2. The Bertz CT molecular complexity index is 468. The van der Waals surface area contributed by atoms with Gasteiger partial charge in [-0.15, -0.1) is 0 Å².